The molecule has 2 aromatic carbocycles. The van der Waals surface area contributed by atoms with Crippen LogP contribution in [0.25, 0.3) is 6.08 Å². The van der Waals surface area contributed by atoms with Gasteiger partial charge >= 0.3 is 5.97 Å². The minimum Gasteiger partial charge on any atom is -0.493 e. The Balaban J connectivity index is 1.95. The van der Waals surface area contributed by atoms with Gasteiger partial charge in [0.25, 0.3) is 5.91 Å². The number of methoxy groups -OCH3 is 2. The van der Waals surface area contributed by atoms with E-state index in [-0.39, 0.29) is 5.02 Å². The minimum atomic E-state index is -0.940. The Morgan fingerprint density at radius 2 is 1.82 bits per heavy atom. The summed E-state index contributed by atoms with van der Waals surface area (Å²) >= 11 is 6.06. The van der Waals surface area contributed by atoms with E-state index in [4.69, 9.17) is 25.8 Å². The van der Waals surface area contributed by atoms with Crippen LogP contribution in [0.4, 0.5) is 14.5 Å². The predicted octanol–water partition coefficient (Wildman–Crippen LogP) is 3.83. The number of para-hydroxylation sites is 1. The second kappa shape index (κ2) is 9.70. The van der Waals surface area contributed by atoms with Gasteiger partial charge in [0, 0.05) is 6.08 Å². The summed E-state index contributed by atoms with van der Waals surface area (Å²) in [7, 11) is 2.88. The van der Waals surface area contributed by atoms with E-state index in [0.29, 0.717) is 17.1 Å². The first-order valence-electron chi connectivity index (χ1n) is 7.86. The lowest BCUT2D eigenvalue weighted by atomic mass is 10.2. The van der Waals surface area contributed by atoms with Gasteiger partial charge in [-0.3, -0.25) is 4.79 Å². The number of rotatable bonds is 7. The van der Waals surface area contributed by atoms with Gasteiger partial charge in [-0.05, 0) is 35.9 Å². The Hall–Kier alpha value is -3.13. The summed E-state index contributed by atoms with van der Waals surface area (Å²) in [5.41, 5.74) is -0.0865. The van der Waals surface area contributed by atoms with E-state index < -0.39 is 35.8 Å². The SMILES string of the molecule is COc1cc(/C=C/C(=O)OCC(=O)Nc2c(F)cccc2F)cc(Cl)c1OC. The third-order valence-corrected chi connectivity index (χ3v) is 3.72. The summed E-state index contributed by atoms with van der Waals surface area (Å²) < 4.78 is 41.9. The molecule has 1 N–H and O–H groups in total. The van der Waals surface area contributed by atoms with Gasteiger partial charge in [-0.25, -0.2) is 13.6 Å². The standard InChI is InChI=1S/C19H16ClF2NO5/c1-26-15-9-11(8-12(20)19(15)27-2)6-7-17(25)28-10-16(24)23-18-13(21)4-3-5-14(18)22/h3-9H,10H2,1-2H3,(H,23,24)/b7-6+. The normalized spacial score (nSPS) is 10.6. The van der Waals surface area contributed by atoms with Gasteiger partial charge in [0.2, 0.25) is 0 Å². The zero-order valence-electron chi connectivity index (χ0n) is 14.9. The van der Waals surface area contributed by atoms with Crippen LogP contribution >= 0.6 is 11.6 Å². The number of hydrogen-bond acceptors (Lipinski definition) is 5. The second-order valence-electron chi connectivity index (χ2n) is 5.32. The first-order chi connectivity index (χ1) is 13.3. The topological polar surface area (TPSA) is 73.9 Å². The molecule has 148 valence electrons. The maximum Gasteiger partial charge on any atom is 0.331 e. The van der Waals surface area contributed by atoms with Crippen molar-refractivity contribution in [2.24, 2.45) is 0 Å². The van der Waals surface area contributed by atoms with Crippen molar-refractivity contribution in [2.45, 2.75) is 0 Å². The summed E-state index contributed by atoms with van der Waals surface area (Å²) in [6, 6.07) is 6.26. The molecule has 0 heterocycles. The molecule has 2 rings (SSSR count). The highest BCUT2D eigenvalue weighted by Gasteiger charge is 2.13. The van der Waals surface area contributed by atoms with E-state index in [9.17, 15) is 18.4 Å². The number of carbonyl (C=O) groups is 2. The fourth-order valence-corrected chi connectivity index (χ4v) is 2.47. The molecule has 1 amide bonds. The highest BCUT2D eigenvalue weighted by molar-refractivity contribution is 6.32. The van der Waals surface area contributed by atoms with Gasteiger partial charge in [0.1, 0.15) is 17.3 Å². The zero-order valence-corrected chi connectivity index (χ0v) is 15.7. The molecular formula is C19H16ClF2NO5. The number of anilines is 1. The minimum absolute atomic E-state index is 0.279. The molecule has 0 saturated carbocycles. The lowest BCUT2D eigenvalue weighted by Gasteiger charge is -2.10. The van der Waals surface area contributed by atoms with Crippen LogP contribution < -0.4 is 14.8 Å². The van der Waals surface area contributed by atoms with Gasteiger partial charge in [-0.15, -0.1) is 0 Å². The van der Waals surface area contributed by atoms with Crippen LogP contribution in [0, 0.1) is 11.6 Å². The monoisotopic (exact) mass is 411 g/mol. The highest BCUT2D eigenvalue weighted by Crippen LogP contribution is 2.36. The molecule has 0 spiro atoms. The molecule has 0 atom stereocenters. The molecule has 6 nitrogen and oxygen atoms in total. The third-order valence-electron chi connectivity index (χ3n) is 3.44. The van der Waals surface area contributed by atoms with E-state index in [1.54, 1.807) is 12.1 Å². The van der Waals surface area contributed by atoms with Crippen LogP contribution in [0.1, 0.15) is 5.56 Å². The first-order valence-corrected chi connectivity index (χ1v) is 8.23. The number of esters is 1. The summed E-state index contributed by atoms with van der Waals surface area (Å²) in [6.45, 7) is -0.719. The molecule has 9 heteroatoms. The average molecular weight is 412 g/mol. The Morgan fingerprint density at radius 3 is 2.43 bits per heavy atom. The summed E-state index contributed by atoms with van der Waals surface area (Å²) in [5.74, 6) is -2.89. The molecule has 0 radical (unpaired) electrons. The Labute approximate surface area is 164 Å². The molecule has 0 aliphatic rings. The fourth-order valence-electron chi connectivity index (χ4n) is 2.18. The van der Waals surface area contributed by atoms with Crippen molar-refractivity contribution in [1.29, 1.82) is 0 Å². The van der Waals surface area contributed by atoms with Gasteiger partial charge in [0.05, 0.1) is 19.2 Å². The number of carbonyl (C=O) groups excluding carboxylic acids is 2. The molecule has 0 unspecified atom stereocenters. The van der Waals surface area contributed by atoms with Crippen molar-refractivity contribution in [2.75, 3.05) is 26.1 Å². The fraction of sp³-hybridized carbons (Fsp3) is 0.158. The molecule has 28 heavy (non-hydrogen) atoms. The summed E-state index contributed by atoms with van der Waals surface area (Å²) in [4.78, 5) is 23.4. The largest absolute Gasteiger partial charge is 0.493 e. The quantitative estimate of drug-likeness (QED) is 0.553. The molecule has 0 aromatic heterocycles. The molecule has 0 fully saturated rings. The number of benzene rings is 2. The van der Waals surface area contributed by atoms with Crippen LogP contribution in [-0.4, -0.2) is 32.7 Å². The molecule has 0 bridgehead atoms. The number of nitrogens with one attached hydrogen (secondary N) is 1. The molecule has 0 saturated heterocycles. The lowest BCUT2D eigenvalue weighted by molar-refractivity contribution is -0.142. The van der Waals surface area contributed by atoms with Crippen molar-refractivity contribution in [1.82, 2.24) is 0 Å². The van der Waals surface area contributed by atoms with Gasteiger partial charge < -0.3 is 19.5 Å². The van der Waals surface area contributed by atoms with E-state index in [0.717, 1.165) is 24.3 Å². The number of halogens is 3. The Kier molecular flexibility index (Phi) is 7.34. The molecule has 2 aromatic rings. The molecular weight excluding hydrogens is 396 g/mol. The Bertz CT molecular complexity index is 897. The van der Waals surface area contributed by atoms with Crippen LogP contribution in [0.2, 0.25) is 5.02 Å². The van der Waals surface area contributed by atoms with E-state index in [1.165, 1.54) is 20.3 Å². The first kappa shape index (κ1) is 21.2. The maximum absolute atomic E-state index is 13.5. The van der Waals surface area contributed by atoms with Crippen LogP contribution in [0.15, 0.2) is 36.4 Å². The number of hydrogen-bond donors (Lipinski definition) is 1. The van der Waals surface area contributed by atoms with Gasteiger partial charge in [-0.1, -0.05) is 17.7 Å². The van der Waals surface area contributed by atoms with Crippen molar-refractivity contribution in [3.05, 3.63) is 58.6 Å². The van der Waals surface area contributed by atoms with Gasteiger partial charge in [0.15, 0.2) is 18.1 Å². The van der Waals surface area contributed by atoms with Crippen LogP contribution in [0.5, 0.6) is 11.5 Å². The van der Waals surface area contributed by atoms with Crippen molar-refractivity contribution >= 4 is 35.2 Å². The van der Waals surface area contributed by atoms with Gasteiger partial charge in [-0.2, -0.15) is 0 Å². The van der Waals surface area contributed by atoms with E-state index in [1.807, 2.05) is 5.32 Å². The summed E-state index contributed by atoms with van der Waals surface area (Å²) in [6.07, 6.45) is 2.46. The van der Waals surface area contributed by atoms with Crippen LogP contribution in [0.3, 0.4) is 0 Å². The zero-order chi connectivity index (χ0) is 20.7. The Morgan fingerprint density at radius 1 is 1.14 bits per heavy atom. The molecule has 0 aliphatic carbocycles. The van der Waals surface area contributed by atoms with Crippen molar-refractivity contribution < 1.29 is 32.6 Å². The number of ether oxygens (including phenoxy) is 3. The second-order valence-corrected chi connectivity index (χ2v) is 5.73. The lowest BCUT2D eigenvalue weighted by Crippen LogP contribution is -2.21. The third kappa shape index (κ3) is 5.43. The predicted molar refractivity (Wildman–Crippen MR) is 99.5 cm³/mol. The average Bonchev–Trinajstić information content (AvgIpc) is 2.67. The smallest absolute Gasteiger partial charge is 0.331 e. The van der Waals surface area contributed by atoms with Crippen molar-refractivity contribution in [3.8, 4) is 11.5 Å². The van der Waals surface area contributed by atoms with E-state index >= 15 is 0 Å². The van der Waals surface area contributed by atoms with Crippen molar-refractivity contribution in [3.63, 3.8) is 0 Å². The summed E-state index contributed by atoms with van der Waals surface area (Å²) in [5, 5.41) is 2.28. The van der Waals surface area contributed by atoms with E-state index in [2.05, 4.69) is 0 Å². The highest BCUT2D eigenvalue weighted by atomic mass is 35.5. The van der Waals surface area contributed by atoms with Crippen LogP contribution in [-0.2, 0) is 14.3 Å². The molecule has 0 aliphatic heterocycles. The number of amides is 1. The maximum atomic E-state index is 13.5.